The van der Waals surface area contributed by atoms with E-state index in [1.54, 1.807) is 0 Å². The standard InChI is InChI=1S/C3H5NO3S.K.H/c4-3(6)1-8-7-2-5;;/h2H,1H2,(H2,4,6);;/q;+1;-1. The Morgan fingerprint density at radius 1 is 1.89 bits per heavy atom. The number of rotatable bonds is 4. The second-order valence-corrected chi connectivity index (χ2v) is 1.64. The third kappa shape index (κ3) is 12.2. The van der Waals surface area contributed by atoms with Gasteiger partial charge >= 0.3 is 57.9 Å². The maximum atomic E-state index is 9.88. The van der Waals surface area contributed by atoms with E-state index in [2.05, 4.69) is 9.92 Å². The SMILES string of the molecule is NC(=O)CSOC=O.[H-].[K+]. The quantitative estimate of drug-likeness (QED) is 0.207. The molecule has 0 saturated carbocycles. The number of hydrogen-bond acceptors (Lipinski definition) is 4. The van der Waals surface area contributed by atoms with Gasteiger partial charge in [0.05, 0.1) is 12.0 Å². The number of carbonyl (C=O) groups excluding carboxylic acids is 2. The van der Waals surface area contributed by atoms with Crippen molar-refractivity contribution in [3.8, 4) is 0 Å². The Morgan fingerprint density at radius 2 is 2.44 bits per heavy atom. The fourth-order valence-corrected chi connectivity index (χ4v) is 0.360. The molecule has 0 spiro atoms. The summed E-state index contributed by atoms with van der Waals surface area (Å²) in [5.74, 6) is -0.490. The maximum absolute atomic E-state index is 9.88. The first-order valence-electron chi connectivity index (χ1n) is 1.77. The summed E-state index contributed by atoms with van der Waals surface area (Å²) in [7, 11) is 0. The molecule has 0 saturated heterocycles. The second kappa shape index (κ2) is 8.93. The first kappa shape index (κ1) is 12.6. The van der Waals surface area contributed by atoms with Gasteiger partial charge in [-0.1, -0.05) is 0 Å². The average molecular weight is 175 g/mol. The van der Waals surface area contributed by atoms with E-state index in [4.69, 9.17) is 0 Å². The molecule has 0 aromatic heterocycles. The molecule has 6 heteroatoms. The molecule has 0 rings (SSSR count). The zero-order valence-electron chi connectivity index (χ0n) is 5.99. The van der Waals surface area contributed by atoms with Crippen molar-refractivity contribution >= 4 is 24.4 Å². The molecule has 2 N–H and O–H groups in total. The molecular formula is C3H6KNO3S. The van der Waals surface area contributed by atoms with Crippen molar-refractivity contribution in [3.63, 3.8) is 0 Å². The predicted octanol–water partition coefficient (Wildman–Crippen LogP) is -3.59. The minimum absolute atomic E-state index is 0. The molecule has 0 aromatic carbocycles. The predicted molar refractivity (Wildman–Crippen MR) is 29.9 cm³/mol. The van der Waals surface area contributed by atoms with E-state index in [9.17, 15) is 9.59 Å². The van der Waals surface area contributed by atoms with Crippen LogP contribution in [0.5, 0.6) is 0 Å². The second-order valence-electron chi connectivity index (χ2n) is 0.921. The minimum atomic E-state index is -0.503. The summed E-state index contributed by atoms with van der Waals surface area (Å²) in [6, 6.07) is 0. The van der Waals surface area contributed by atoms with Crippen LogP contribution in [0.2, 0.25) is 0 Å². The van der Waals surface area contributed by atoms with E-state index in [1.807, 2.05) is 0 Å². The van der Waals surface area contributed by atoms with Crippen LogP contribution in [0.25, 0.3) is 0 Å². The van der Waals surface area contributed by atoms with E-state index in [0.29, 0.717) is 0 Å². The Kier molecular flexibility index (Phi) is 12.5. The van der Waals surface area contributed by atoms with Gasteiger partial charge in [-0.2, -0.15) is 0 Å². The summed E-state index contributed by atoms with van der Waals surface area (Å²) in [5, 5.41) is 0. The average Bonchev–Trinajstić information content (AvgIpc) is 1.66. The molecule has 9 heavy (non-hydrogen) atoms. The molecule has 4 nitrogen and oxygen atoms in total. The van der Waals surface area contributed by atoms with E-state index in [-0.39, 0.29) is 65.0 Å². The molecule has 0 bridgehead atoms. The topological polar surface area (TPSA) is 69.4 Å². The van der Waals surface area contributed by atoms with Gasteiger partial charge in [0.25, 0.3) is 0 Å². The van der Waals surface area contributed by atoms with Gasteiger partial charge in [-0.15, -0.1) is 0 Å². The van der Waals surface area contributed by atoms with Crippen LogP contribution in [0.1, 0.15) is 1.43 Å². The van der Waals surface area contributed by atoms with Gasteiger partial charge in [-0.25, -0.2) is 0 Å². The van der Waals surface area contributed by atoms with Crippen molar-refractivity contribution in [1.29, 1.82) is 0 Å². The summed E-state index contributed by atoms with van der Waals surface area (Å²) in [5.41, 5.74) is 4.68. The van der Waals surface area contributed by atoms with E-state index in [0.717, 1.165) is 12.0 Å². The molecule has 0 atom stereocenters. The van der Waals surface area contributed by atoms with Crippen LogP contribution in [0, 0.1) is 0 Å². The van der Waals surface area contributed by atoms with Crippen molar-refractivity contribution in [3.05, 3.63) is 0 Å². The van der Waals surface area contributed by atoms with Crippen LogP contribution in [0.4, 0.5) is 0 Å². The number of carbonyl (C=O) groups is 2. The van der Waals surface area contributed by atoms with Crippen LogP contribution in [-0.4, -0.2) is 18.1 Å². The Hall–Kier alpha value is 0.926. The summed E-state index contributed by atoms with van der Waals surface area (Å²) in [6.45, 7) is 0.244. The summed E-state index contributed by atoms with van der Waals surface area (Å²) >= 11 is 0.719. The Balaban J connectivity index is -0.000000245. The molecule has 0 fully saturated rings. The molecule has 0 aromatic rings. The van der Waals surface area contributed by atoms with Gasteiger partial charge in [0, 0.05) is 0 Å². The molecule has 0 heterocycles. The van der Waals surface area contributed by atoms with E-state index < -0.39 is 5.91 Å². The van der Waals surface area contributed by atoms with Crippen molar-refractivity contribution in [2.24, 2.45) is 5.73 Å². The first-order chi connectivity index (χ1) is 3.77. The fraction of sp³-hybridized carbons (Fsp3) is 0.333. The molecule has 1 amide bonds. The Labute approximate surface area is 101 Å². The van der Waals surface area contributed by atoms with Crippen molar-refractivity contribution < 1.29 is 66.6 Å². The third-order valence-corrected chi connectivity index (χ3v) is 0.926. The number of hydrogen-bond donors (Lipinski definition) is 1. The van der Waals surface area contributed by atoms with Crippen LogP contribution >= 0.6 is 12.0 Å². The van der Waals surface area contributed by atoms with Crippen LogP contribution in [-0.2, 0) is 13.8 Å². The van der Waals surface area contributed by atoms with Crippen molar-refractivity contribution in [1.82, 2.24) is 0 Å². The monoisotopic (exact) mass is 175 g/mol. The maximum Gasteiger partial charge on any atom is 1.00 e. The Bertz CT molecular complexity index is 104. The zero-order chi connectivity index (χ0) is 6.41. The van der Waals surface area contributed by atoms with Crippen LogP contribution in [0.15, 0.2) is 0 Å². The molecule has 0 radical (unpaired) electrons. The van der Waals surface area contributed by atoms with Gasteiger partial charge in [-0.05, 0) is 0 Å². The van der Waals surface area contributed by atoms with E-state index in [1.165, 1.54) is 0 Å². The zero-order valence-corrected chi connectivity index (χ0v) is 8.93. The van der Waals surface area contributed by atoms with Gasteiger partial charge < -0.3 is 11.3 Å². The minimum Gasteiger partial charge on any atom is -1.00 e. The summed E-state index contributed by atoms with van der Waals surface area (Å²) in [4.78, 5) is 19.3. The van der Waals surface area contributed by atoms with Gasteiger partial charge in [0.2, 0.25) is 5.91 Å². The smallest absolute Gasteiger partial charge is 1.00 e. The molecule has 0 unspecified atom stereocenters. The normalized spacial score (nSPS) is 7.11. The summed E-state index contributed by atoms with van der Waals surface area (Å²) in [6.07, 6.45) is 0. The number of nitrogens with two attached hydrogens (primary N) is 1. The van der Waals surface area contributed by atoms with E-state index >= 15 is 0 Å². The molecule has 0 aliphatic rings. The fourth-order valence-electron chi connectivity index (χ4n) is 0.120. The third-order valence-electron chi connectivity index (χ3n) is 0.309. The molecule has 0 aliphatic carbocycles. The summed E-state index contributed by atoms with van der Waals surface area (Å²) < 4.78 is 4.08. The Morgan fingerprint density at radius 3 is 2.78 bits per heavy atom. The van der Waals surface area contributed by atoms with Crippen molar-refractivity contribution in [2.75, 3.05) is 5.75 Å². The molecular weight excluding hydrogens is 169 g/mol. The number of primary amides is 1. The molecule has 0 aliphatic heterocycles. The molecule has 48 valence electrons. The number of amides is 1. The first-order valence-corrected chi connectivity index (χ1v) is 2.68. The van der Waals surface area contributed by atoms with Gasteiger partial charge in [0.1, 0.15) is 5.75 Å². The van der Waals surface area contributed by atoms with Crippen LogP contribution in [0.3, 0.4) is 0 Å². The van der Waals surface area contributed by atoms with Crippen molar-refractivity contribution in [2.45, 2.75) is 0 Å². The van der Waals surface area contributed by atoms with Gasteiger partial charge in [0.15, 0.2) is 0 Å². The van der Waals surface area contributed by atoms with Crippen LogP contribution < -0.4 is 57.1 Å². The largest absolute Gasteiger partial charge is 1.00 e. The van der Waals surface area contributed by atoms with Gasteiger partial charge in [-0.3, -0.25) is 9.59 Å².